The Morgan fingerprint density at radius 2 is 1.59 bits per heavy atom. The van der Waals surface area contributed by atoms with Gasteiger partial charge in [-0.2, -0.15) is 4.72 Å². The maximum atomic E-state index is 12.8. The summed E-state index contributed by atoms with van der Waals surface area (Å²) in [5.41, 5.74) is 1.07. The fourth-order valence-corrected chi connectivity index (χ4v) is 4.19. The zero-order chi connectivity index (χ0) is 21.3. The maximum Gasteiger partial charge on any atom is 0.241 e. The first-order chi connectivity index (χ1) is 13.8. The lowest BCUT2D eigenvalue weighted by molar-refractivity contribution is -0.125. The monoisotopic (exact) mass is 416 g/mol. The van der Waals surface area contributed by atoms with Crippen molar-refractivity contribution >= 4 is 22.2 Å². The molecule has 0 saturated carbocycles. The SMILES string of the molecule is CC(C)CC(NS(=O)(=O)c1ccccc1)C(=O)N[C@H](C=O)CCc1ccccc1. The minimum absolute atomic E-state index is 0.0863. The van der Waals surface area contributed by atoms with Crippen molar-refractivity contribution in [2.24, 2.45) is 5.92 Å². The number of benzene rings is 2. The highest BCUT2D eigenvalue weighted by Crippen LogP contribution is 2.13. The Hall–Kier alpha value is -2.51. The van der Waals surface area contributed by atoms with Gasteiger partial charge in [-0.3, -0.25) is 4.79 Å². The third kappa shape index (κ3) is 7.44. The first-order valence-electron chi connectivity index (χ1n) is 9.69. The van der Waals surface area contributed by atoms with Gasteiger partial charge in [-0.25, -0.2) is 8.42 Å². The van der Waals surface area contributed by atoms with Gasteiger partial charge in [-0.05, 0) is 42.9 Å². The summed E-state index contributed by atoms with van der Waals surface area (Å²) in [6, 6.07) is 15.9. The van der Waals surface area contributed by atoms with Gasteiger partial charge in [0.2, 0.25) is 15.9 Å². The molecule has 0 aliphatic carbocycles. The summed E-state index contributed by atoms with van der Waals surface area (Å²) in [7, 11) is -3.85. The summed E-state index contributed by atoms with van der Waals surface area (Å²) < 4.78 is 27.8. The van der Waals surface area contributed by atoms with Crippen LogP contribution in [0.2, 0.25) is 0 Å². The summed E-state index contributed by atoms with van der Waals surface area (Å²) >= 11 is 0. The van der Waals surface area contributed by atoms with Crippen molar-refractivity contribution in [1.82, 2.24) is 10.0 Å². The topological polar surface area (TPSA) is 92.3 Å². The fraction of sp³-hybridized carbons (Fsp3) is 0.364. The van der Waals surface area contributed by atoms with E-state index >= 15 is 0 Å². The zero-order valence-electron chi connectivity index (χ0n) is 16.7. The van der Waals surface area contributed by atoms with Crippen molar-refractivity contribution in [3.8, 4) is 0 Å². The van der Waals surface area contributed by atoms with Crippen LogP contribution in [-0.4, -0.2) is 32.7 Å². The number of nitrogens with one attached hydrogen (secondary N) is 2. The van der Waals surface area contributed by atoms with Gasteiger partial charge < -0.3 is 10.1 Å². The van der Waals surface area contributed by atoms with Gasteiger partial charge in [0, 0.05) is 0 Å². The average molecular weight is 417 g/mol. The normalized spacial score (nSPS) is 13.6. The van der Waals surface area contributed by atoms with Crippen molar-refractivity contribution in [2.45, 2.75) is 50.1 Å². The molecule has 0 aliphatic rings. The largest absolute Gasteiger partial charge is 0.345 e. The van der Waals surface area contributed by atoms with E-state index in [1.165, 1.54) is 12.1 Å². The number of carbonyl (C=O) groups is 2. The third-order valence-corrected chi connectivity index (χ3v) is 5.94. The number of amides is 1. The van der Waals surface area contributed by atoms with Crippen LogP contribution in [0.4, 0.5) is 0 Å². The summed E-state index contributed by atoms with van der Waals surface area (Å²) in [4.78, 5) is 24.3. The highest BCUT2D eigenvalue weighted by molar-refractivity contribution is 7.89. The Kier molecular flexibility index (Phi) is 8.54. The van der Waals surface area contributed by atoms with Gasteiger partial charge in [0.15, 0.2) is 0 Å². The van der Waals surface area contributed by atoms with Crippen molar-refractivity contribution in [2.75, 3.05) is 0 Å². The Bertz CT molecular complexity index is 884. The van der Waals surface area contributed by atoms with Crippen LogP contribution in [0.25, 0.3) is 0 Å². The quantitative estimate of drug-likeness (QED) is 0.551. The standard InChI is InChI=1S/C22H28N2O4S/c1-17(2)15-21(24-29(27,28)20-11-7-4-8-12-20)22(26)23-19(16-25)14-13-18-9-5-3-6-10-18/h3-12,16-17,19,21,24H,13-15H2,1-2H3,(H,23,26)/t19-,21?/m0/s1. The van der Waals surface area contributed by atoms with Gasteiger partial charge in [0.05, 0.1) is 10.9 Å². The minimum atomic E-state index is -3.85. The predicted molar refractivity (Wildman–Crippen MR) is 113 cm³/mol. The average Bonchev–Trinajstić information content (AvgIpc) is 2.71. The van der Waals surface area contributed by atoms with Crippen LogP contribution >= 0.6 is 0 Å². The van der Waals surface area contributed by atoms with Gasteiger partial charge in [0.25, 0.3) is 0 Å². The number of aryl methyl sites for hydroxylation is 1. The van der Waals surface area contributed by atoms with Gasteiger partial charge in [-0.1, -0.05) is 62.4 Å². The molecule has 0 radical (unpaired) electrons. The van der Waals surface area contributed by atoms with Crippen molar-refractivity contribution in [3.63, 3.8) is 0 Å². The summed E-state index contributed by atoms with van der Waals surface area (Å²) in [6.45, 7) is 3.81. The summed E-state index contributed by atoms with van der Waals surface area (Å²) in [5.74, 6) is -0.411. The zero-order valence-corrected chi connectivity index (χ0v) is 17.6. The van der Waals surface area contributed by atoms with Crippen molar-refractivity contribution in [3.05, 3.63) is 66.2 Å². The molecule has 2 N–H and O–H groups in total. The molecule has 6 nitrogen and oxygen atoms in total. The molecular weight excluding hydrogens is 388 g/mol. The van der Waals surface area contributed by atoms with Crippen LogP contribution in [0, 0.1) is 5.92 Å². The first kappa shape index (κ1) is 22.8. The first-order valence-corrected chi connectivity index (χ1v) is 11.2. The van der Waals surface area contributed by atoms with E-state index in [-0.39, 0.29) is 10.8 Å². The molecule has 0 saturated heterocycles. The third-order valence-electron chi connectivity index (χ3n) is 4.45. The number of aldehydes is 1. The van der Waals surface area contributed by atoms with E-state index in [1.54, 1.807) is 18.2 Å². The molecule has 2 aromatic carbocycles. The molecule has 0 heterocycles. The molecule has 0 aromatic heterocycles. The Balaban J connectivity index is 2.06. The van der Waals surface area contributed by atoms with Crippen LogP contribution in [0.15, 0.2) is 65.6 Å². The fourth-order valence-electron chi connectivity index (χ4n) is 2.96. The number of rotatable bonds is 11. The second kappa shape index (κ2) is 10.9. The molecule has 0 aliphatic heterocycles. The lowest BCUT2D eigenvalue weighted by Crippen LogP contribution is -2.50. The second-order valence-corrected chi connectivity index (χ2v) is 9.11. The van der Waals surface area contributed by atoms with Gasteiger partial charge in [-0.15, -0.1) is 0 Å². The lowest BCUT2D eigenvalue weighted by atomic mass is 10.0. The Morgan fingerprint density at radius 3 is 2.14 bits per heavy atom. The molecule has 2 aromatic rings. The lowest BCUT2D eigenvalue weighted by Gasteiger charge is -2.22. The van der Waals surface area contributed by atoms with Crippen LogP contribution < -0.4 is 10.0 Å². The van der Waals surface area contributed by atoms with E-state index in [0.717, 1.165) is 5.56 Å². The van der Waals surface area contributed by atoms with Crippen LogP contribution in [-0.2, 0) is 26.0 Å². The molecule has 0 fully saturated rings. The highest BCUT2D eigenvalue weighted by Gasteiger charge is 2.27. The Labute approximate surface area is 172 Å². The Morgan fingerprint density at radius 1 is 1.00 bits per heavy atom. The number of sulfonamides is 1. The van der Waals surface area contributed by atoms with E-state index in [1.807, 2.05) is 44.2 Å². The van der Waals surface area contributed by atoms with Crippen LogP contribution in [0.1, 0.15) is 32.3 Å². The number of hydrogen-bond donors (Lipinski definition) is 2. The maximum absolute atomic E-state index is 12.8. The molecule has 0 bridgehead atoms. The van der Waals surface area contributed by atoms with E-state index < -0.39 is 28.0 Å². The van der Waals surface area contributed by atoms with Gasteiger partial charge in [0.1, 0.15) is 12.3 Å². The summed E-state index contributed by atoms with van der Waals surface area (Å²) in [6.07, 6.45) is 2.09. The highest BCUT2D eigenvalue weighted by atomic mass is 32.2. The van der Waals surface area contributed by atoms with E-state index in [0.29, 0.717) is 25.5 Å². The van der Waals surface area contributed by atoms with Crippen LogP contribution in [0.3, 0.4) is 0 Å². The summed E-state index contributed by atoms with van der Waals surface area (Å²) in [5, 5.41) is 2.68. The smallest absolute Gasteiger partial charge is 0.241 e. The van der Waals surface area contributed by atoms with Crippen molar-refractivity contribution in [1.29, 1.82) is 0 Å². The van der Waals surface area contributed by atoms with E-state index in [2.05, 4.69) is 10.0 Å². The van der Waals surface area contributed by atoms with E-state index in [4.69, 9.17) is 0 Å². The molecule has 1 unspecified atom stereocenters. The number of carbonyl (C=O) groups excluding carboxylic acids is 2. The van der Waals surface area contributed by atoms with Crippen molar-refractivity contribution < 1.29 is 18.0 Å². The predicted octanol–water partition coefficient (Wildman–Crippen LogP) is 2.70. The van der Waals surface area contributed by atoms with Gasteiger partial charge >= 0.3 is 0 Å². The second-order valence-electron chi connectivity index (χ2n) is 7.39. The molecule has 2 atom stereocenters. The molecule has 156 valence electrons. The van der Waals surface area contributed by atoms with Crippen LogP contribution in [0.5, 0.6) is 0 Å². The molecule has 0 spiro atoms. The van der Waals surface area contributed by atoms with E-state index in [9.17, 15) is 18.0 Å². The molecule has 1 amide bonds. The number of hydrogen-bond acceptors (Lipinski definition) is 4. The molecular formula is C22H28N2O4S. The minimum Gasteiger partial charge on any atom is -0.345 e. The molecule has 29 heavy (non-hydrogen) atoms. The molecule has 7 heteroatoms. The molecule has 2 rings (SSSR count).